The molecule has 0 aromatic carbocycles. The second-order valence-corrected chi connectivity index (χ2v) is 11.0. The van der Waals surface area contributed by atoms with Crippen molar-refractivity contribution < 1.29 is 8.85 Å². The predicted molar refractivity (Wildman–Crippen MR) is 110 cm³/mol. The lowest BCUT2D eigenvalue weighted by molar-refractivity contribution is 0.241. The number of rotatable bonds is 8. The van der Waals surface area contributed by atoms with Crippen LogP contribution in [0.1, 0.15) is 64.2 Å². The number of allylic oxidation sites excluding steroid dienone is 8. The monoisotopic (exact) mass is 360 g/mol. The summed E-state index contributed by atoms with van der Waals surface area (Å²) in [4.78, 5) is 0. The lowest BCUT2D eigenvalue weighted by Crippen LogP contribution is -2.40. The van der Waals surface area contributed by atoms with Crippen LogP contribution >= 0.6 is 0 Å². The molecule has 0 aromatic heterocycles. The van der Waals surface area contributed by atoms with Gasteiger partial charge >= 0.3 is 8.56 Å². The van der Waals surface area contributed by atoms with Crippen molar-refractivity contribution in [1.29, 1.82) is 0 Å². The van der Waals surface area contributed by atoms with Gasteiger partial charge < -0.3 is 8.85 Å². The summed E-state index contributed by atoms with van der Waals surface area (Å²) < 4.78 is 12.0. The minimum Gasteiger partial charge on any atom is -0.398 e. The van der Waals surface area contributed by atoms with Crippen molar-refractivity contribution in [2.75, 3.05) is 14.2 Å². The average Bonchev–Trinajstić information content (AvgIpc) is 2.58. The van der Waals surface area contributed by atoms with E-state index in [0.29, 0.717) is 0 Å². The highest BCUT2D eigenvalue weighted by atomic mass is 28.4. The molecule has 3 heteroatoms. The topological polar surface area (TPSA) is 18.5 Å². The molecule has 140 valence electrons. The molecule has 0 saturated heterocycles. The van der Waals surface area contributed by atoms with Gasteiger partial charge in [0.25, 0.3) is 0 Å². The van der Waals surface area contributed by atoms with Crippen LogP contribution < -0.4 is 0 Å². The Morgan fingerprint density at radius 3 is 1.68 bits per heavy atom. The number of hydrogen-bond acceptors (Lipinski definition) is 2. The average molecular weight is 361 g/mol. The second-order valence-electron chi connectivity index (χ2n) is 7.32. The fraction of sp³-hybridized carbons (Fsp3) is 0.636. The summed E-state index contributed by atoms with van der Waals surface area (Å²) in [6.07, 6.45) is 26.1. The lowest BCUT2D eigenvalue weighted by atomic mass is 10.0. The highest BCUT2D eigenvalue weighted by Crippen LogP contribution is 2.29. The molecule has 0 atom stereocenters. The maximum absolute atomic E-state index is 6.01. The van der Waals surface area contributed by atoms with Gasteiger partial charge in [-0.1, -0.05) is 47.6 Å². The van der Waals surface area contributed by atoms with Crippen molar-refractivity contribution >= 4 is 8.56 Å². The molecule has 0 amide bonds. The van der Waals surface area contributed by atoms with E-state index >= 15 is 0 Å². The van der Waals surface area contributed by atoms with Crippen molar-refractivity contribution in [3.63, 3.8) is 0 Å². The van der Waals surface area contributed by atoms with Crippen LogP contribution in [-0.4, -0.2) is 22.8 Å². The maximum Gasteiger partial charge on any atom is 0.338 e. The zero-order chi connectivity index (χ0) is 17.8. The molecule has 0 N–H and O–H groups in total. The quantitative estimate of drug-likeness (QED) is 0.453. The molecule has 0 fully saturated rings. The summed E-state index contributed by atoms with van der Waals surface area (Å²) in [5.41, 5.74) is 3.13. The molecular formula is C22H36O2Si. The molecule has 0 aromatic rings. The van der Waals surface area contributed by atoms with E-state index in [1.54, 1.807) is 11.1 Å². The Bertz CT molecular complexity index is 456. The third-order valence-electron chi connectivity index (χ3n) is 5.57. The smallest absolute Gasteiger partial charge is 0.338 e. The molecular weight excluding hydrogens is 324 g/mol. The summed E-state index contributed by atoms with van der Waals surface area (Å²) in [5, 5.41) is 0. The summed E-state index contributed by atoms with van der Waals surface area (Å²) in [7, 11) is 1.61. The Kier molecular flexibility index (Phi) is 9.52. The van der Waals surface area contributed by atoms with Crippen LogP contribution in [0.2, 0.25) is 12.1 Å². The fourth-order valence-corrected chi connectivity index (χ4v) is 6.37. The van der Waals surface area contributed by atoms with E-state index in [1.165, 1.54) is 51.4 Å². The summed E-state index contributed by atoms with van der Waals surface area (Å²) >= 11 is 0. The Labute approximate surface area is 155 Å². The summed E-state index contributed by atoms with van der Waals surface area (Å²) in [6.45, 7) is 0. The summed E-state index contributed by atoms with van der Waals surface area (Å²) in [5.74, 6) is 0. The van der Waals surface area contributed by atoms with Gasteiger partial charge in [0.15, 0.2) is 0 Å². The fourth-order valence-electron chi connectivity index (χ4n) is 3.73. The largest absolute Gasteiger partial charge is 0.398 e. The van der Waals surface area contributed by atoms with E-state index in [4.69, 9.17) is 8.85 Å². The Morgan fingerprint density at radius 1 is 0.760 bits per heavy atom. The van der Waals surface area contributed by atoms with Crippen molar-refractivity contribution in [3.05, 3.63) is 47.6 Å². The van der Waals surface area contributed by atoms with Crippen LogP contribution in [-0.2, 0) is 8.85 Å². The van der Waals surface area contributed by atoms with Gasteiger partial charge in [0.05, 0.1) is 0 Å². The molecule has 0 saturated carbocycles. The van der Waals surface area contributed by atoms with E-state index in [2.05, 4.69) is 36.5 Å². The zero-order valence-corrected chi connectivity index (χ0v) is 17.3. The van der Waals surface area contributed by atoms with Crippen LogP contribution in [0.3, 0.4) is 0 Å². The summed E-state index contributed by atoms with van der Waals surface area (Å²) in [6, 6.07) is 2.14. The normalized spacial score (nSPS) is 26.2. The molecule has 0 heterocycles. The van der Waals surface area contributed by atoms with Gasteiger partial charge in [0.1, 0.15) is 0 Å². The Morgan fingerprint density at radius 2 is 1.24 bits per heavy atom. The van der Waals surface area contributed by atoms with E-state index in [1.807, 2.05) is 14.2 Å². The highest BCUT2D eigenvalue weighted by Gasteiger charge is 2.35. The van der Waals surface area contributed by atoms with Crippen LogP contribution in [0.25, 0.3) is 0 Å². The maximum atomic E-state index is 6.01. The minimum absolute atomic E-state index is 1.07. The van der Waals surface area contributed by atoms with Gasteiger partial charge in [0, 0.05) is 14.2 Å². The van der Waals surface area contributed by atoms with Crippen molar-refractivity contribution in [2.24, 2.45) is 0 Å². The zero-order valence-electron chi connectivity index (χ0n) is 16.3. The SMILES string of the molecule is CO[Si](CC/C1=C/C=C\CCCC1)(CC/C1=C/C=C\CCCC1)OC. The Balaban J connectivity index is 1.92. The second kappa shape index (κ2) is 11.7. The molecule has 0 aliphatic heterocycles. The Hall–Kier alpha value is -0.903. The third-order valence-corrected chi connectivity index (χ3v) is 9.08. The van der Waals surface area contributed by atoms with E-state index in [9.17, 15) is 0 Å². The van der Waals surface area contributed by atoms with Crippen molar-refractivity contribution in [3.8, 4) is 0 Å². The van der Waals surface area contributed by atoms with E-state index in [-0.39, 0.29) is 0 Å². The molecule has 2 rings (SSSR count). The molecule has 2 aliphatic carbocycles. The lowest BCUT2D eigenvalue weighted by Gasteiger charge is -2.28. The van der Waals surface area contributed by atoms with Crippen LogP contribution in [0.4, 0.5) is 0 Å². The first-order valence-electron chi connectivity index (χ1n) is 10.1. The predicted octanol–water partition coefficient (Wildman–Crippen LogP) is 6.61. The van der Waals surface area contributed by atoms with Gasteiger partial charge in [-0.15, -0.1) is 0 Å². The van der Waals surface area contributed by atoms with E-state index in [0.717, 1.165) is 24.9 Å². The molecule has 25 heavy (non-hydrogen) atoms. The molecule has 0 radical (unpaired) electrons. The van der Waals surface area contributed by atoms with Gasteiger partial charge in [-0.3, -0.25) is 0 Å². The highest BCUT2D eigenvalue weighted by molar-refractivity contribution is 6.67. The molecule has 2 nitrogen and oxygen atoms in total. The van der Waals surface area contributed by atoms with Crippen LogP contribution in [0, 0.1) is 0 Å². The van der Waals surface area contributed by atoms with Crippen LogP contribution in [0.5, 0.6) is 0 Å². The first kappa shape index (κ1) is 20.4. The first-order chi connectivity index (χ1) is 12.3. The first-order valence-corrected chi connectivity index (χ1v) is 12.3. The third kappa shape index (κ3) is 7.47. The number of hydrogen-bond donors (Lipinski definition) is 0. The standard InChI is InChI=1S/C22H36O2Si/c1-23-25(24-2,19-17-21-13-9-5-3-6-10-14-21)20-18-22-15-11-7-4-8-12-16-22/h5,7,9,11,13,15H,3-4,6,8,10,12,14,16-20H2,1-2H3/b9-5-,11-7-,21-13+,22-15+. The molecule has 0 unspecified atom stereocenters. The van der Waals surface area contributed by atoms with Crippen LogP contribution in [0.15, 0.2) is 47.6 Å². The molecule has 2 aliphatic rings. The van der Waals surface area contributed by atoms with Gasteiger partial charge in [-0.05, 0) is 76.3 Å². The van der Waals surface area contributed by atoms with Gasteiger partial charge in [0.2, 0.25) is 0 Å². The molecule has 0 spiro atoms. The van der Waals surface area contributed by atoms with Gasteiger partial charge in [-0.2, -0.15) is 0 Å². The van der Waals surface area contributed by atoms with Crippen molar-refractivity contribution in [1.82, 2.24) is 0 Å². The van der Waals surface area contributed by atoms with E-state index < -0.39 is 8.56 Å². The van der Waals surface area contributed by atoms with Crippen molar-refractivity contribution in [2.45, 2.75) is 76.3 Å². The molecule has 0 bridgehead atoms. The minimum atomic E-state index is -2.10. The van der Waals surface area contributed by atoms with Gasteiger partial charge in [-0.25, -0.2) is 0 Å².